The second-order valence-electron chi connectivity index (χ2n) is 4.75. The third kappa shape index (κ3) is 1.82. The number of ether oxygens (including phenoxy) is 1. The maximum Gasteiger partial charge on any atom is 0.143 e. The Kier molecular flexibility index (Phi) is 2.95. The average Bonchev–Trinajstić information content (AvgIpc) is 2.59. The summed E-state index contributed by atoms with van der Waals surface area (Å²) in [5.74, 6) is 2.22. The van der Waals surface area contributed by atoms with Crippen molar-refractivity contribution in [2.75, 3.05) is 30.8 Å². The van der Waals surface area contributed by atoms with Crippen LogP contribution in [0.5, 0.6) is 5.75 Å². The molecule has 88 valence electrons. The molecule has 3 heteroatoms. The highest BCUT2D eigenvalue weighted by atomic mass is 16.5. The lowest BCUT2D eigenvalue weighted by Crippen LogP contribution is -2.20. The molecule has 0 radical (unpaired) electrons. The predicted molar refractivity (Wildman–Crippen MR) is 67.9 cm³/mol. The molecule has 16 heavy (non-hydrogen) atoms. The lowest BCUT2D eigenvalue weighted by atomic mass is 10.0. The largest absolute Gasteiger partial charge is 0.495 e. The fourth-order valence-corrected chi connectivity index (χ4v) is 2.31. The monoisotopic (exact) mass is 220 g/mol. The van der Waals surface area contributed by atoms with Crippen LogP contribution in [0.4, 0.5) is 11.4 Å². The molecule has 1 saturated heterocycles. The number of nitrogens with zero attached hydrogens (tertiary/aromatic N) is 1. The normalized spacial score (nSPS) is 24.8. The zero-order valence-electron chi connectivity index (χ0n) is 10.2. The van der Waals surface area contributed by atoms with Crippen molar-refractivity contribution in [3.05, 3.63) is 18.2 Å². The lowest BCUT2D eigenvalue weighted by Gasteiger charge is -2.21. The molecule has 0 bridgehead atoms. The quantitative estimate of drug-likeness (QED) is 0.778. The molecule has 1 fully saturated rings. The van der Waals surface area contributed by atoms with E-state index in [1.165, 1.54) is 0 Å². The summed E-state index contributed by atoms with van der Waals surface area (Å²) in [7, 11) is 1.66. The summed E-state index contributed by atoms with van der Waals surface area (Å²) in [5, 5.41) is 0. The Bertz CT molecular complexity index is 368. The molecular formula is C13H20N2O. The first kappa shape index (κ1) is 11.1. The number of methoxy groups -OCH3 is 1. The first-order chi connectivity index (χ1) is 7.63. The number of rotatable bonds is 2. The van der Waals surface area contributed by atoms with Crippen LogP contribution < -0.4 is 15.4 Å². The summed E-state index contributed by atoms with van der Waals surface area (Å²) in [5.41, 5.74) is 7.96. The van der Waals surface area contributed by atoms with E-state index in [4.69, 9.17) is 10.5 Å². The van der Waals surface area contributed by atoms with Gasteiger partial charge in [-0.1, -0.05) is 19.9 Å². The Morgan fingerprint density at radius 2 is 1.88 bits per heavy atom. The van der Waals surface area contributed by atoms with E-state index in [0.717, 1.165) is 42.0 Å². The van der Waals surface area contributed by atoms with Gasteiger partial charge < -0.3 is 15.4 Å². The molecule has 1 aromatic carbocycles. The van der Waals surface area contributed by atoms with Crippen molar-refractivity contribution in [2.45, 2.75) is 13.8 Å². The van der Waals surface area contributed by atoms with Crippen LogP contribution in [0.3, 0.4) is 0 Å². The van der Waals surface area contributed by atoms with Gasteiger partial charge in [0.1, 0.15) is 5.75 Å². The number of hydrogen-bond acceptors (Lipinski definition) is 3. The highest BCUT2D eigenvalue weighted by Crippen LogP contribution is 2.36. The van der Waals surface area contributed by atoms with Gasteiger partial charge in [0.05, 0.1) is 18.5 Å². The molecule has 1 aromatic rings. The molecule has 0 saturated carbocycles. The minimum atomic E-state index is 0.727. The van der Waals surface area contributed by atoms with Crippen LogP contribution in [0, 0.1) is 11.8 Å². The highest BCUT2D eigenvalue weighted by molar-refractivity contribution is 5.74. The number of nitrogen functional groups attached to an aromatic ring is 1. The fourth-order valence-electron chi connectivity index (χ4n) is 2.31. The van der Waals surface area contributed by atoms with Crippen molar-refractivity contribution in [3.8, 4) is 5.75 Å². The standard InChI is InChI=1S/C13H20N2O/c1-9-7-15(8-10(9)2)11-5-4-6-12(16-3)13(11)14/h4-6,9-10H,7-8,14H2,1-3H3. The number of hydrogen-bond donors (Lipinski definition) is 1. The molecule has 2 rings (SSSR count). The molecule has 2 unspecified atom stereocenters. The minimum Gasteiger partial charge on any atom is -0.495 e. The summed E-state index contributed by atoms with van der Waals surface area (Å²) in [4.78, 5) is 2.35. The van der Waals surface area contributed by atoms with E-state index >= 15 is 0 Å². The van der Waals surface area contributed by atoms with Crippen LogP contribution in [0.1, 0.15) is 13.8 Å². The van der Waals surface area contributed by atoms with Crippen molar-refractivity contribution >= 4 is 11.4 Å². The summed E-state index contributed by atoms with van der Waals surface area (Å²) < 4.78 is 5.25. The van der Waals surface area contributed by atoms with E-state index in [1.807, 2.05) is 12.1 Å². The Balaban J connectivity index is 2.28. The van der Waals surface area contributed by atoms with E-state index in [9.17, 15) is 0 Å². The van der Waals surface area contributed by atoms with Gasteiger partial charge in [0.25, 0.3) is 0 Å². The molecule has 0 amide bonds. The summed E-state index contributed by atoms with van der Waals surface area (Å²) in [6.45, 7) is 6.75. The average molecular weight is 220 g/mol. The molecular weight excluding hydrogens is 200 g/mol. The van der Waals surface area contributed by atoms with Crippen LogP contribution >= 0.6 is 0 Å². The predicted octanol–water partition coefficient (Wildman–Crippen LogP) is 2.37. The van der Waals surface area contributed by atoms with E-state index in [2.05, 4.69) is 24.8 Å². The molecule has 1 aliphatic heterocycles. The molecule has 1 aliphatic rings. The van der Waals surface area contributed by atoms with Gasteiger partial charge in [0.15, 0.2) is 0 Å². The van der Waals surface area contributed by atoms with Gasteiger partial charge in [-0.2, -0.15) is 0 Å². The minimum absolute atomic E-state index is 0.727. The van der Waals surface area contributed by atoms with Gasteiger partial charge in [-0.15, -0.1) is 0 Å². The smallest absolute Gasteiger partial charge is 0.143 e. The zero-order valence-corrected chi connectivity index (χ0v) is 10.2. The van der Waals surface area contributed by atoms with Crippen molar-refractivity contribution in [2.24, 2.45) is 11.8 Å². The van der Waals surface area contributed by atoms with Crippen molar-refractivity contribution in [1.29, 1.82) is 0 Å². The van der Waals surface area contributed by atoms with Gasteiger partial charge >= 0.3 is 0 Å². The molecule has 3 nitrogen and oxygen atoms in total. The van der Waals surface area contributed by atoms with Crippen LogP contribution in [0.2, 0.25) is 0 Å². The summed E-state index contributed by atoms with van der Waals surface area (Å²) >= 11 is 0. The first-order valence-corrected chi connectivity index (χ1v) is 5.81. The topological polar surface area (TPSA) is 38.5 Å². The van der Waals surface area contributed by atoms with Gasteiger partial charge in [0.2, 0.25) is 0 Å². The summed E-state index contributed by atoms with van der Waals surface area (Å²) in [6.07, 6.45) is 0. The van der Waals surface area contributed by atoms with E-state index in [-0.39, 0.29) is 0 Å². The number of para-hydroxylation sites is 1. The third-order valence-corrected chi connectivity index (χ3v) is 3.59. The maximum absolute atomic E-state index is 6.10. The van der Waals surface area contributed by atoms with Gasteiger partial charge in [-0.3, -0.25) is 0 Å². The Labute approximate surface area is 97.2 Å². The van der Waals surface area contributed by atoms with Crippen molar-refractivity contribution < 1.29 is 4.74 Å². The van der Waals surface area contributed by atoms with Crippen LogP contribution in [-0.2, 0) is 0 Å². The summed E-state index contributed by atoms with van der Waals surface area (Å²) in [6, 6.07) is 5.97. The maximum atomic E-state index is 6.10. The lowest BCUT2D eigenvalue weighted by molar-refractivity contribution is 0.417. The Hall–Kier alpha value is -1.38. The molecule has 0 aromatic heterocycles. The van der Waals surface area contributed by atoms with Crippen LogP contribution in [0.25, 0.3) is 0 Å². The highest BCUT2D eigenvalue weighted by Gasteiger charge is 2.27. The first-order valence-electron chi connectivity index (χ1n) is 5.81. The zero-order chi connectivity index (χ0) is 11.7. The second-order valence-corrected chi connectivity index (χ2v) is 4.75. The number of benzene rings is 1. The van der Waals surface area contributed by atoms with Crippen molar-refractivity contribution in [3.63, 3.8) is 0 Å². The fraction of sp³-hybridized carbons (Fsp3) is 0.538. The van der Waals surface area contributed by atoms with E-state index in [1.54, 1.807) is 7.11 Å². The van der Waals surface area contributed by atoms with Gasteiger partial charge in [-0.25, -0.2) is 0 Å². The number of anilines is 2. The van der Waals surface area contributed by atoms with Gasteiger partial charge in [0, 0.05) is 13.1 Å². The van der Waals surface area contributed by atoms with Crippen LogP contribution in [-0.4, -0.2) is 20.2 Å². The van der Waals surface area contributed by atoms with E-state index < -0.39 is 0 Å². The van der Waals surface area contributed by atoms with Crippen LogP contribution in [0.15, 0.2) is 18.2 Å². The number of nitrogens with two attached hydrogens (primary N) is 1. The third-order valence-electron chi connectivity index (χ3n) is 3.59. The van der Waals surface area contributed by atoms with Crippen molar-refractivity contribution in [1.82, 2.24) is 0 Å². The SMILES string of the molecule is COc1cccc(N2CC(C)C(C)C2)c1N. The molecule has 0 aliphatic carbocycles. The Morgan fingerprint density at radius 3 is 2.44 bits per heavy atom. The van der Waals surface area contributed by atoms with Gasteiger partial charge in [-0.05, 0) is 24.0 Å². The molecule has 2 atom stereocenters. The van der Waals surface area contributed by atoms with E-state index in [0.29, 0.717) is 0 Å². The Morgan fingerprint density at radius 1 is 1.25 bits per heavy atom. The molecule has 2 N–H and O–H groups in total. The molecule has 1 heterocycles. The second kappa shape index (κ2) is 4.24. The molecule has 0 spiro atoms.